The van der Waals surface area contributed by atoms with Gasteiger partial charge in [-0.15, -0.1) is 24.0 Å². The van der Waals surface area contributed by atoms with Gasteiger partial charge in [0.1, 0.15) is 0 Å². The summed E-state index contributed by atoms with van der Waals surface area (Å²) in [5.74, 6) is 1.40. The molecular formula is C18H37IN4O3. The molecule has 7 nitrogen and oxygen atoms in total. The lowest BCUT2D eigenvalue weighted by atomic mass is 9.92. The van der Waals surface area contributed by atoms with Gasteiger partial charge in [-0.1, -0.05) is 0 Å². The molecule has 0 unspecified atom stereocenters. The normalized spacial score (nSPS) is 15.9. The van der Waals surface area contributed by atoms with Crippen molar-refractivity contribution in [3.63, 3.8) is 0 Å². The highest BCUT2D eigenvalue weighted by Gasteiger charge is 2.27. The number of nitrogens with zero attached hydrogens (tertiary/aromatic N) is 1. The largest absolute Gasteiger partial charge is 0.381 e. The van der Waals surface area contributed by atoms with Gasteiger partial charge in [-0.3, -0.25) is 9.79 Å². The summed E-state index contributed by atoms with van der Waals surface area (Å²) in [6.07, 6.45) is 3.13. The Morgan fingerprint density at radius 2 is 1.92 bits per heavy atom. The van der Waals surface area contributed by atoms with Crippen LogP contribution in [0.4, 0.5) is 0 Å². The molecule has 0 saturated carbocycles. The fourth-order valence-electron chi connectivity index (χ4n) is 2.55. The van der Waals surface area contributed by atoms with E-state index >= 15 is 0 Å². The molecule has 1 saturated heterocycles. The van der Waals surface area contributed by atoms with Crippen LogP contribution in [-0.4, -0.2) is 65.0 Å². The molecule has 0 aromatic heterocycles. The van der Waals surface area contributed by atoms with E-state index in [1.165, 1.54) is 0 Å². The second kappa shape index (κ2) is 14.4. The van der Waals surface area contributed by atoms with E-state index in [0.717, 1.165) is 52.2 Å². The molecule has 0 aliphatic carbocycles. The van der Waals surface area contributed by atoms with Crippen molar-refractivity contribution in [2.45, 2.75) is 40.0 Å². The first-order valence-corrected chi connectivity index (χ1v) is 9.38. The fraction of sp³-hybridized carbons (Fsp3) is 0.889. The molecule has 3 N–H and O–H groups in total. The highest BCUT2D eigenvalue weighted by atomic mass is 127. The third-order valence-corrected chi connectivity index (χ3v) is 4.33. The van der Waals surface area contributed by atoms with Crippen molar-refractivity contribution in [3.05, 3.63) is 0 Å². The fourth-order valence-corrected chi connectivity index (χ4v) is 2.55. The van der Waals surface area contributed by atoms with Gasteiger partial charge in [0.15, 0.2) is 5.96 Å². The molecule has 0 aromatic carbocycles. The number of carbonyl (C=O) groups is 1. The van der Waals surface area contributed by atoms with Crippen LogP contribution in [0.25, 0.3) is 0 Å². The molecule has 8 heteroatoms. The summed E-state index contributed by atoms with van der Waals surface area (Å²) in [5, 5.41) is 9.33. The van der Waals surface area contributed by atoms with Crippen molar-refractivity contribution in [1.82, 2.24) is 16.0 Å². The summed E-state index contributed by atoms with van der Waals surface area (Å²) in [6, 6.07) is 0. The summed E-state index contributed by atoms with van der Waals surface area (Å²) in [4.78, 5) is 16.2. The van der Waals surface area contributed by atoms with Crippen LogP contribution in [0.5, 0.6) is 0 Å². The van der Waals surface area contributed by atoms with E-state index < -0.39 is 5.41 Å². The second-order valence-electron chi connectivity index (χ2n) is 7.08. The second-order valence-corrected chi connectivity index (χ2v) is 7.08. The molecule has 0 radical (unpaired) electrons. The Morgan fingerprint density at radius 3 is 2.54 bits per heavy atom. The average Bonchev–Trinajstić information content (AvgIpc) is 2.61. The van der Waals surface area contributed by atoms with Crippen molar-refractivity contribution in [3.8, 4) is 0 Å². The quantitative estimate of drug-likeness (QED) is 0.191. The first-order valence-electron chi connectivity index (χ1n) is 9.38. The van der Waals surface area contributed by atoms with Gasteiger partial charge < -0.3 is 25.4 Å². The Balaban J connectivity index is 0.00000625. The number of aliphatic imine (C=N–C) groups is 1. The van der Waals surface area contributed by atoms with E-state index in [0.29, 0.717) is 25.0 Å². The molecular weight excluding hydrogens is 447 g/mol. The van der Waals surface area contributed by atoms with E-state index in [1.807, 2.05) is 20.8 Å². The monoisotopic (exact) mass is 484 g/mol. The minimum absolute atomic E-state index is 0. The smallest absolute Gasteiger partial charge is 0.227 e. The maximum atomic E-state index is 12.0. The van der Waals surface area contributed by atoms with Gasteiger partial charge in [-0.05, 0) is 46.0 Å². The number of ether oxygens (including phenoxy) is 2. The third kappa shape index (κ3) is 10.5. The van der Waals surface area contributed by atoms with Crippen molar-refractivity contribution < 1.29 is 14.3 Å². The molecule has 1 fully saturated rings. The predicted molar refractivity (Wildman–Crippen MR) is 116 cm³/mol. The van der Waals surface area contributed by atoms with Crippen molar-refractivity contribution in [1.29, 1.82) is 0 Å². The Bertz CT molecular complexity index is 413. The van der Waals surface area contributed by atoms with Crippen molar-refractivity contribution in [2.75, 3.05) is 53.1 Å². The third-order valence-electron chi connectivity index (χ3n) is 4.33. The summed E-state index contributed by atoms with van der Waals surface area (Å²) >= 11 is 0. The molecule has 0 bridgehead atoms. The minimum Gasteiger partial charge on any atom is -0.381 e. The zero-order valence-electron chi connectivity index (χ0n) is 16.7. The van der Waals surface area contributed by atoms with Crippen LogP contribution >= 0.6 is 24.0 Å². The number of hydrogen-bond donors (Lipinski definition) is 3. The number of carbonyl (C=O) groups excluding carboxylic acids is 1. The Hall–Kier alpha value is -0.610. The topological polar surface area (TPSA) is 84.0 Å². The summed E-state index contributed by atoms with van der Waals surface area (Å²) in [5.41, 5.74) is -0.486. The summed E-state index contributed by atoms with van der Waals surface area (Å²) in [6.45, 7) is 11.0. The van der Waals surface area contributed by atoms with Crippen LogP contribution in [0.2, 0.25) is 0 Å². The minimum atomic E-state index is -0.486. The SMILES string of the molecule is CCNC(=O)C(C)(C)CNC(=NC)NCCCOCC1CCOCC1.I. The maximum Gasteiger partial charge on any atom is 0.227 e. The van der Waals surface area contributed by atoms with Gasteiger partial charge in [0, 0.05) is 53.1 Å². The number of amides is 1. The molecule has 1 heterocycles. The number of hydrogen-bond acceptors (Lipinski definition) is 4. The van der Waals surface area contributed by atoms with Gasteiger partial charge >= 0.3 is 0 Å². The van der Waals surface area contributed by atoms with Gasteiger partial charge in [-0.25, -0.2) is 0 Å². The number of guanidine groups is 1. The molecule has 26 heavy (non-hydrogen) atoms. The van der Waals surface area contributed by atoms with E-state index in [4.69, 9.17) is 9.47 Å². The highest BCUT2D eigenvalue weighted by Crippen LogP contribution is 2.14. The lowest BCUT2D eigenvalue weighted by molar-refractivity contribution is -0.128. The zero-order valence-corrected chi connectivity index (χ0v) is 19.1. The maximum absolute atomic E-state index is 12.0. The molecule has 154 valence electrons. The predicted octanol–water partition coefficient (Wildman–Crippen LogP) is 1.77. The summed E-state index contributed by atoms with van der Waals surface area (Å²) < 4.78 is 11.1. The zero-order chi connectivity index (χ0) is 18.5. The number of nitrogens with one attached hydrogen (secondary N) is 3. The van der Waals surface area contributed by atoms with Crippen molar-refractivity contribution >= 4 is 35.8 Å². The van der Waals surface area contributed by atoms with Crippen LogP contribution in [0.15, 0.2) is 4.99 Å². The van der Waals surface area contributed by atoms with Crippen molar-refractivity contribution in [2.24, 2.45) is 16.3 Å². The Morgan fingerprint density at radius 1 is 1.23 bits per heavy atom. The molecule has 1 rings (SSSR count). The first kappa shape index (κ1) is 25.4. The highest BCUT2D eigenvalue weighted by molar-refractivity contribution is 14.0. The lowest BCUT2D eigenvalue weighted by Gasteiger charge is -2.25. The Kier molecular flexibility index (Phi) is 14.1. The average molecular weight is 484 g/mol. The van der Waals surface area contributed by atoms with E-state index in [1.54, 1.807) is 7.05 Å². The summed E-state index contributed by atoms with van der Waals surface area (Å²) in [7, 11) is 1.73. The molecule has 1 aliphatic heterocycles. The molecule has 0 spiro atoms. The number of rotatable bonds is 10. The lowest BCUT2D eigenvalue weighted by Crippen LogP contribution is -2.48. The van der Waals surface area contributed by atoms with Crippen LogP contribution in [0.3, 0.4) is 0 Å². The van der Waals surface area contributed by atoms with Crippen LogP contribution < -0.4 is 16.0 Å². The van der Waals surface area contributed by atoms with Crippen LogP contribution in [0, 0.1) is 11.3 Å². The van der Waals surface area contributed by atoms with Gasteiger partial charge in [0.2, 0.25) is 5.91 Å². The number of halogens is 1. The van der Waals surface area contributed by atoms with Gasteiger partial charge in [0.25, 0.3) is 0 Å². The van der Waals surface area contributed by atoms with E-state index in [9.17, 15) is 4.79 Å². The van der Waals surface area contributed by atoms with E-state index in [2.05, 4.69) is 20.9 Å². The molecule has 1 amide bonds. The van der Waals surface area contributed by atoms with Crippen LogP contribution in [0.1, 0.15) is 40.0 Å². The Labute approximate surface area is 175 Å². The molecule has 1 aliphatic rings. The van der Waals surface area contributed by atoms with E-state index in [-0.39, 0.29) is 29.9 Å². The molecule has 0 atom stereocenters. The van der Waals surface area contributed by atoms with Gasteiger partial charge in [0.05, 0.1) is 5.41 Å². The van der Waals surface area contributed by atoms with Gasteiger partial charge in [-0.2, -0.15) is 0 Å². The van der Waals surface area contributed by atoms with Crippen LogP contribution in [-0.2, 0) is 14.3 Å². The first-order chi connectivity index (χ1) is 12.0. The molecule has 0 aromatic rings. The standard InChI is InChI=1S/C18H36N4O3.HI/c1-5-20-16(23)18(2,3)14-22-17(19-4)21-9-6-10-25-13-15-7-11-24-12-8-15;/h15H,5-14H2,1-4H3,(H,20,23)(H2,19,21,22);1H.